The molecule has 0 aliphatic heterocycles. The summed E-state index contributed by atoms with van der Waals surface area (Å²) in [5.74, 6) is -0.649. The second-order valence-corrected chi connectivity index (χ2v) is 8.95. The molecule has 3 rings (SSSR count). The molecule has 3 aromatic carbocycles. The standard InChI is InChI=1S/C21H18BrN3O4S/c1-14(26)23-17-9-11-18(12-10-17)24-21(27)15-3-2-4-20(13-15)30(28,29)25-19-7-5-16(22)6-8-19/h2-13,25H,1H3,(H,23,26)(H,24,27). The van der Waals surface area contributed by atoms with Crippen molar-refractivity contribution in [3.63, 3.8) is 0 Å². The first-order valence-corrected chi connectivity index (χ1v) is 11.1. The number of anilines is 3. The van der Waals surface area contributed by atoms with E-state index in [2.05, 4.69) is 31.3 Å². The number of halogens is 1. The highest BCUT2D eigenvalue weighted by molar-refractivity contribution is 9.10. The van der Waals surface area contributed by atoms with Crippen molar-refractivity contribution < 1.29 is 18.0 Å². The van der Waals surface area contributed by atoms with Crippen molar-refractivity contribution in [3.8, 4) is 0 Å². The van der Waals surface area contributed by atoms with Gasteiger partial charge in [0.05, 0.1) is 4.90 Å². The zero-order valence-corrected chi connectivity index (χ0v) is 18.2. The van der Waals surface area contributed by atoms with E-state index in [4.69, 9.17) is 0 Å². The van der Waals surface area contributed by atoms with Crippen molar-refractivity contribution in [2.24, 2.45) is 0 Å². The number of carbonyl (C=O) groups is 2. The van der Waals surface area contributed by atoms with Gasteiger partial charge in [-0.3, -0.25) is 14.3 Å². The second-order valence-electron chi connectivity index (χ2n) is 6.35. The molecule has 0 saturated carbocycles. The fraction of sp³-hybridized carbons (Fsp3) is 0.0476. The van der Waals surface area contributed by atoms with Crippen LogP contribution >= 0.6 is 15.9 Å². The van der Waals surface area contributed by atoms with E-state index in [1.165, 1.54) is 31.2 Å². The number of rotatable bonds is 6. The Morgan fingerprint density at radius 3 is 1.97 bits per heavy atom. The van der Waals surface area contributed by atoms with Gasteiger partial charge in [-0.1, -0.05) is 22.0 Å². The topological polar surface area (TPSA) is 104 Å². The van der Waals surface area contributed by atoms with Gasteiger partial charge in [0.15, 0.2) is 0 Å². The van der Waals surface area contributed by atoms with Crippen molar-refractivity contribution in [1.29, 1.82) is 0 Å². The predicted octanol–water partition coefficient (Wildman–Crippen LogP) is 4.46. The lowest BCUT2D eigenvalue weighted by Crippen LogP contribution is -2.16. The van der Waals surface area contributed by atoms with E-state index < -0.39 is 15.9 Å². The van der Waals surface area contributed by atoms with Crippen LogP contribution in [0.3, 0.4) is 0 Å². The summed E-state index contributed by atoms with van der Waals surface area (Å²) in [6, 6.07) is 19.0. The maximum absolute atomic E-state index is 12.7. The molecule has 3 aromatic rings. The number of hydrogen-bond donors (Lipinski definition) is 3. The van der Waals surface area contributed by atoms with Gasteiger partial charge in [-0.25, -0.2) is 8.42 Å². The van der Waals surface area contributed by atoms with E-state index in [-0.39, 0.29) is 16.4 Å². The number of benzene rings is 3. The van der Waals surface area contributed by atoms with Crippen molar-refractivity contribution in [3.05, 3.63) is 82.8 Å². The molecule has 9 heteroatoms. The summed E-state index contributed by atoms with van der Waals surface area (Å²) in [5.41, 5.74) is 1.72. The summed E-state index contributed by atoms with van der Waals surface area (Å²) < 4.78 is 28.6. The number of sulfonamides is 1. The zero-order valence-electron chi connectivity index (χ0n) is 15.8. The molecule has 0 saturated heterocycles. The summed E-state index contributed by atoms with van der Waals surface area (Å²) in [4.78, 5) is 23.6. The third-order valence-corrected chi connectivity index (χ3v) is 5.87. The van der Waals surface area contributed by atoms with Crippen LogP contribution in [0.5, 0.6) is 0 Å². The fourth-order valence-corrected chi connectivity index (χ4v) is 3.95. The van der Waals surface area contributed by atoms with Gasteiger partial charge in [-0.2, -0.15) is 0 Å². The first-order valence-electron chi connectivity index (χ1n) is 8.80. The van der Waals surface area contributed by atoms with Crippen LogP contribution in [0.25, 0.3) is 0 Å². The summed E-state index contributed by atoms with van der Waals surface area (Å²) in [7, 11) is -3.86. The Bertz CT molecular complexity index is 1180. The first kappa shape index (κ1) is 21.5. The second kappa shape index (κ2) is 9.10. The average molecular weight is 488 g/mol. The maximum atomic E-state index is 12.7. The normalized spacial score (nSPS) is 10.9. The van der Waals surface area contributed by atoms with Crippen molar-refractivity contribution >= 4 is 54.8 Å². The molecule has 2 amide bonds. The molecule has 0 aromatic heterocycles. The number of carbonyl (C=O) groups excluding carboxylic acids is 2. The maximum Gasteiger partial charge on any atom is 0.261 e. The number of hydrogen-bond acceptors (Lipinski definition) is 4. The van der Waals surface area contributed by atoms with E-state index in [0.717, 1.165) is 4.47 Å². The molecule has 0 aliphatic carbocycles. The van der Waals surface area contributed by atoms with Crippen molar-refractivity contribution in [1.82, 2.24) is 0 Å². The van der Waals surface area contributed by atoms with Crippen LogP contribution < -0.4 is 15.4 Å². The van der Waals surface area contributed by atoms with Crippen molar-refractivity contribution in [2.45, 2.75) is 11.8 Å². The first-order chi connectivity index (χ1) is 14.2. The van der Waals surface area contributed by atoms with Crippen LogP contribution in [-0.2, 0) is 14.8 Å². The van der Waals surface area contributed by atoms with E-state index in [1.807, 2.05) is 0 Å². The smallest absolute Gasteiger partial charge is 0.261 e. The molecule has 0 spiro atoms. The minimum absolute atomic E-state index is 0.0286. The highest BCUT2D eigenvalue weighted by atomic mass is 79.9. The Labute approximate surface area is 182 Å². The van der Waals surface area contributed by atoms with Crippen LogP contribution in [-0.4, -0.2) is 20.2 Å². The van der Waals surface area contributed by atoms with Crippen molar-refractivity contribution in [2.75, 3.05) is 15.4 Å². The van der Waals surface area contributed by atoms with Gasteiger partial charge < -0.3 is 10.6 Å². The molecule has 3 N–H and O–H groups in total. The molecule has 0 fully saturated rings. The highest BCUT2D eigenvalue weighted by Gasteiger charge is 2.17. The van der Waals surface area contributed by atoms with Crippen LogP contribution in [0.15, 0.2) is 82.2 Å². The quantitative estimate of drug-likeness (QED) is 0.477. The molecular formula is C21H18BrN3O4S. The summed E-state index contributed by atoms with van der Waals surface area (Å²) in [6.45, 7) is 1.41. The van der Waals surface area contributed by atoms with Crippen LogP contribution in [0, 0.1) is 0 Å². The minimum Gasteiger partial charge on any atom is -0.326 e. The molecule has 0 atom stereocenters. The molecule has 154 valence electrons. The molecule has 7 nitrogen and oxygen atoms in total. The Hall–Kier alpha value is -3.17. The Kier molecular flexibility index (Phi) is 6.53. The number of amides is 2. The largest absolute Gasteiger partial charge is 0.326 e. The number of nitrogens with one attached hydrogen (secondary N) is 3. The lowest BCUT2D eigenvalue weighted by molar-refractivity contribution is -0.114. The third-order valence-electron chi connectivity index (χ3n) is 3.97. The van der Waals surface area contributed by atoms with Crippen LogP contribution in [0.1, 0.15) is 17.3 Å². The average Bonchev–Trinajstić information content (AvgIpc) is 2.71. The minimum atomic E-state index is -3.86. The van der Waals surface area contributed by atoms with E-state index in [1.54, 1.807) is 48.5 Å². The fourth-order valence-electron chi connectivity index (χ4n) is 2.58. The molecule has 0 aliphatic rings. The van der Waals surface area contributed by atoms with Gasteiger partial charge in [0.2, 0.25) is 5.91 Å². The summed E-state index contributed by atoms with van der Waals surface area (Å²) in [6.07, 6.45) is 0. The van der Waals surface area contributed by atoms with E-state index >= 15 is 0 Å². The SMILES string of the molecule is CC(=O)Nc1ccc(NC(=O)c2cccc(S(=O)(=O)Nc3ccc(Br)cc3)c2)cc1. The molecule has 30 heavy (non-hydrogen) atoms. The van der Waals surface area contributed by atoms with Gasteiger partial charge in [0.25, 0.3) is 15.9 Å². The van der Waals surface area contributed by atoms with E-state index in [0.29, 0.717) is 17.1 Å². The predicted molar refractivity (Wildman–Crippen MR) is 120 cm³/mol. The molecule has 0 radical (unpaired) electrons. The Morgan fingerprint density at radius 2 is 1.37 bits per heavy atom. The van der Waals surface area contributed by atoms with Crippen LogP contribution in [0.2, 0.25) is 0 Å². The van der Waals surface area contributed by atoms with Gasteiger partial charge >= 0.3 is 0 Å². The Balaban J connectivity index is 1.74. The molecular weight excluding hydrogens is 470 g/mol. The van der Waals surface area contributed by atoms with E-state index in [9.17, 15) is 18.0 Å². The molecule has 0 unspecified atom stereocenters. The lowest BCUT2D eigenvalue weighted by atomic mass is 10.2. The summed E-state index contributed by atoms with van der Waals surface area (Å²) >= 11 is 3.30. The lowest BCUT2D eigenvalue weighted by Gasteiger charge is -2.10. The highest BCUT2D eigenvalue weighted by Crippen LogP contribution is 2.20. The molecule has 0 heterocycles. The molecule has 0 bridgehead atoms. The van der Waals surface area contributed by atoms with Gasteiger partial charge in [0, 0.05) is 34.0 Å². The zero-order chi connectivity index (χ0) is 21.7. The summed E-state index contributed by atoms with van der Waals surface area (Å²) in [5, 5.41) is 5.34. The van der Waals surface area contributed by atoms with Gasteiger partial charge in [0.1, 0.15) is 0 Å². The van der Waals surface area contributed by atoms with Gasteiger partial charge in [-0.05, 0) is 66.7 Å². The third kappa shape index (κ3) is 5.68. The monoisotopic (exact) mass is 487 g/mol. The van der Waals surface area contributed by atoms with Gasteiger partial charge in [-0.15, -0.1) is 0 Å². The Morgan fingerprint density at radius 1 is 0.800 bits per heavy atom. The van der Waals surface area contributed by atoms with Crippen LogP contribution in [0.4, 0.5) is 17.1 Å².